The molecule has 12 heavy (non-hydrogen) atoms. The molecule has 0 N–H and O–H groups in total. The predicted molar refractivity (Wildman–Crippen MR) is 48.9 cm³/mol. The lowest BCUT2D eigenvalue weighted by atomic mass is 9.63. The molecule has 0 unspecified atom stereocenters. The van der Waals surface area contributed by atoms with Gasteiger partial charge in [-0.1, -0.05) is 26.7 Å². The molecule has 1 nitrogen and oxygen atoms in total. The maximum atomic E-state index is 11.4. The van der Waals surface area contributed by atoms with Gasteiger partial charge in [-0.25, -0.2) is 0 Å². The molecule has 0 aliphatic heterocycles. The molecule has 2 rings (SSSR count). The first-order valence-corrected chi connectivity index (χ1v) is 5.14. The Morgan fingerprint density at radius 2 is 2.17 bits per heavy atom. The second-order valence-electron chi connectivity index (χ2n) is 4.95. The normalized spacial score (nSPS) is 47.7. The Hall–Kier alpha value is -0.330. The standard InChI is InChI=1S/C11H18O/c1-8-4-3-5-9-6-10(12)7-11(8,9)2/h8-9H,3-7H2,1-2H3/t8-,9+,11+/m1/s1. The maximum absolute atomic E-state index is 11.4. The van der Waals surface area contributed by atoms with E-state index in [2.05, 4.69) is 13.8 Å². The van der Waals surface area contributed by atoms with Crippen LogP contribution in [0.3, 0.4) is 0 Å². The molecule has 0 spiro atoms. The highest BCUT2D eigenvalue weighted by Crippen LogP contribution is 2.53. The highest BCUT2D eigenvalue weighted by molar-refractivity contribution is 5.82. The molecule has 2 saturated carbocycles. The fourth-order valence-electron chi connectivity index (χ4n) is 3.16. The zero-order valence-electron chi connectivity index (χ0n) is 8.10. The third-order valence-electron chi connectivity index (χ3n) is 4.30. The average Bonchev–Trinajstić information content (AvgIpc) is 2.27. The van der Waals surface area contributed by atoms with Crippen molar-refractivity contribution in [1.29, 1.82) is 0 Å². The van der Waals surface area contributed by atoms with Gasteiger partial charge in [0.15, 0.2) is 0 Å². The number of Topliss-reactive ketones (excluding diaryl/α,β-unsaturated/α-hetero) is 1. The van der Waals surface area contributed by atoms with Crippen molar-refractivity contribution >= 4 is 5.78 Å². The minimum atomic E-state index is 0.370. The Bertz CT molecular complexity index is 209. The van der Waals surface area contributed by atoms with Gasteiger partial charge in [-0.3, -0.25) is 4.79 Å². The summed E-state index contributed by atoms with van der Waals surface area (Å²) in [4.78, 5) is 11.4. The van der Waals surface area contributed by atoms with Gasteiger partial charge in [0.05, 0.1) is 0 Å². The van der Waals surface area contributed by atoms with Crippen molar-refractivity contribution in [3.05, 3.63) is 0 Å². The average molecular weight is 166 g/mol. The molecular weight excluding hydrogens is 148 g/mol. The smallest absolute Gasteiger partial charge is 0.133 e. The lowest BCUT2D eigenvalue weighted by molar-refractivity contribution is -0.118. The van der Waals surface area contributed by atoms with Crippen molar-refractivity contribution in [2.24, 2.45) is 17.3 Å². The Morgan fingerprint density at radius 3 is 2.83 bits per heavy atom. The van der Waals surface area contributed by atoms with Gasteiger partial charge in [0.2, 0.25) is 0 Å². The van der Waals surface area contributed by atoms with E-state index in [1.165, 1.54) is 19.3 Å². The van der Waals surface area contributed by atoms with Crippen LogP contribution in [0.2, 0.25) is 0 Å². The van der Waals surface area contributed by atoms with Gasteiger partial charge in [0, 0.05) is 12.8 Å². The lowest BCUT2D eigenvalue weighted by Gasteiger charge is -2.41. The van der Waals surface area contributed by atoms with E-state index in [1.54, 1.807) is 0 Å². The second-order valence-corrected chi connectivity index (χ2v) is 4.95. The molecule has 68 valence electrons. The first kappa shape index (κ1) is 8.28. The first-order valence-electron chi connectivity index (χ1n) is 5.14. The Balaban J connectivity index is 2.23. The molecule has 2 fully saturated rings. The molecule has 0 amide bonds. The van der Waals surface area contributed by atoms with Crippen LogP contribution in [-0.2, 0) is 4.79 Å². The van der Waals surface area contributed by atoms with E-state index in [9.17, 15) is 4.79 Å². The zero-order valence-corrected chi connectivity index (χ0v) is 8.10. The van der Waals surface area contributed by atoms with Gasteiger partial charge in [-0.2, -0.15) is 0 Å². The molecule has 0 aromatic rings. The Kier molecular flexibility index (Phi) is 1.78. The summed E-state index contributed by atoms with van der Waals surface area (Å²) in [6.07, 6.45) is 5.71. The van der Waals surface area contributed by atoms with Crippen molar-refractivity contribution in [2.45, 2.75) is 46.0 Å². The molecule has 0 heterocycles. The predicted octanol–water partition coefficient (Wildman–Crippen LogP) is 2.79. The Morgan fingerprint density at radius 1 is 1.42 bits per heavy atom. The quantitative estimate of drug-likeness (QED) is 0.541. The van der Waals surface area contributed by atoms with E-state index in [1.807, 2.05) is 0 Å². The van der Waals surface area contributed by atoms with E-state index >= 15 is 0 Å². The molecule has 0 aromatic heterocycles. The van der Waals surface area contributed by atoms with E-state index in [0.717, 1.165) is 18.8 Å². The van der Waals surface area contributed by atoms with E-state index in [0.29, 0.717) is 17.1 Å². The first-order chi connectivity index (χ1) is 5.63. The monoisotopic (exact) mass is 166 g/mol. The molecule has 0 bridgehead atoms. The highest BCUT2D eigenvalue weighted by Gasteiger charge is 2.47. The molecular formula is C11H18O. The largest absolute Gasteiger partial charge is 0.300 e. The summed E-state index contributed by atoms with van der Waals surface area (Å²) < 4.78 is 0. The number of rotatable bonds is 0. The summed E-state index contributed by atoms with van der Waals surface area (Å²) in [5.41, 5.74) is 0.370. The Labute approximate surface area is 74.5 Å². The van der Waals surface area contributed by atoms with Gasteiger partial charge in [0.1, 0.15) is 5.78 Å². The van der Waals surface area contributed by atoms with Crippen LogP contribution in [0.4, 0.5) is 0 Å². The fraction of sp³-hybridized carbons (Fsp3) is 0.909. The van der Waals surface area contributed by atoms with E-state index in [-0.39, 0.29) is 0 Å². The van der Waals surface area contributed by atoms with Crippen LogP contribution >= 0.6 is 0 Å². The van der Waals surface area contributed by atoms with Crippen LogP contribution in [0.15, 0.2) is 0 Å². The number of carbonyl (C=O) groups excluding carboxylic acids is 1. The summed E-state index contributed by atoms with van der Waals surface area (Å²) in [5, 5.41) is 0. The summed E-state index contributed by atoms with van der Waals surface area (Å²) >= 11 is 0. The number of hydrogen-bond donors (Lipinski definition) is 0. The molecule has 0 saturated heterocycles. The lowest BCUT2D eigenvalue weighted by Crippen LogP contribution is -2.33. The van der Waals surface area contributed by atoms with Gasteiger partial charge in [-0.15, -0.1) is 0 Å². The molecule has 0 radical (unpaired) electrons. The van der Waals surface area contributed by atoms with Gasteiger partial charge in [-0.05, 0) is 23.7 Å². The van der Waals surface area contributed by atoms with Crippen molar-refractivity contribution in [2.75, 3.05) is 0 Å². The van der Waals surface area contributed by atoms with Gasteiger partial charge in [0.25, 0.3) is 0 Å². The summed E-state index contributed by atoms with van der Waals surface area (Å²) in [5.74, 6) is 1.99. The minimum absolute atomic E-state index is 0.370. The number of carbonyl (C=O) groups is 1. The van der Waals surface area contributed by atoms with Crippen LogP contribution in [-0.4, -0.2) is 5.78 Å². The van der Waals surface area contributed by atoms with E-state index in [4.69, 9.17) is 0 Å². The third-order valence-corrected chi connectivity index (χ3v) is 4.30. The topological polar surface area (TPSA) is 17.1 Å². The summed E-state index contributed by atoms with van der Waals surface area (Å²) in [6, 6.07) is 0. The molecule has 1 heteroatoms. The SMILES string of the molecule is C[C@@H]1CCC[C@H]2CC(=O)C[C@]21C. The van der Waals surface area contributed by atoms with Crippen molar-refractivity contribution < 1.29 is 4.79 Å². The van der Waals surface area contributed by atoms with Crippen LogP contribution < -0.4 is 0 Å². The fourth-order valence-corrected chi connectivity index (χ4v) is 3.16. The van der Waals surface area contributed by atoms with Crippen LogP contribution in [0.25, 0.3) is 0 Å². The summed E-state index contributed by atoms with van der Waals surface area (Å²) in [6.45, 7) is 4.65. The van der Waals surface area contributed by atoms with Crippen LogP contribution in [0, 0.1) is 17.3 Å². The van der Waals surface area contributed by atoms with Crippen LogP contribution in [0.1, 0.15) is 46.0 Å². The highest BCUT2D eigenvalue weighted by atomic mass is 16.1. The van der Waals surface area contributed by atoms with Gasteiger partial charge < -0.3 is 0 Å². The second kappa shape index (κ2) is 2.58. The molecule has 2 aliphatic rings. The van der Waals surface area contributed by atoms with E-state index < -0.39 is 0 Å². The summed E-state index contributed by atoms with van der Waals surface area (Å²) in [7, 11) is 0. The van der Waals surface area contributed by atoms with Crippen molar-refractivity contribution in [3.63, 3.8) is 0 Å². The number of fused-ring (bicyclic) bond motifs is 1. The number of hydrogen-bond acceptors (Lipinski definition) is 1. The molecule has 2 aliphatic carbocycles. The third kappa shape index (κ3) is 1.02. The zero-order chi connectivity index (χ0) is 8.77. The van der Waals surface area contributed by atoms with Gasteiger partial charge >= 0.3 is 0 Å². The molecule has 0 aromatic carbocycles. The molecule has 3 atom stereocenters. The van der Waals surface area contributed by atoms with Crippen molar-refractivity contribution in [3.8, 4) is 0 Å². The number of ketones is 1. The van der Waals surface area contributed by atoms with Crippen LogP contribution in [0.5, 0.6) is 0 Å². The maximum Gasteiger partial charge on any atom is 0.133 e. The van der Waals surface area contributed by atoms with Crippen molar-refractivity contribution in [1.82, 2.24) is 0 Å². The minimum Gasteiger partial charge on any atom is -0.300 e.